The van der Waals surface area contributed by atoms with Gasteiger partial charge in [0.2, 0.25) is 0 Å². The molecular formula is C41H30N3OPSSi. The molecule has 7 heteroatoms. The molecule has 0 bridgehead atoms. The first-order valence-electron chi connectivity index (χ1n) is 16.1. The van der Waals surface area contributed by atoms with E-state index >= 15 is 4.57 Å². The van der Waals surface area contributed by atoms with Crippen LogP contribution in [0.15, 0.2) is 155 Å². The number of fused-ring (bicyclic) bond motifs is 5. The third-order valence-corrected chi connectivity index (χ3v) is 17.7. The zero-order chi connectivity index (χ0) is 32.5. The minimum Gasteiger partial charge on any atom is -0.309 e. The number of hydrogen-bond donors (Lipinski definition) is 0. The van der Waals surface area contributed by atoms with Gasteiger partial charge in [0, 0.05) is 42.4 Å². The summed E-state index contributed by atoms with van der Waals surface area (Å²) in [5.74, 6) is 1.96. The minimum atomic E-state index is -3.08. The summed E-state index contributed by atoms with van der Waals surface area (Å²) >= 11 is 1.74. The highest BCUT2D eigenvalue weighted by Crippen LogP contribution is 2.53. The third-order valence-electron chi connectivity index (χ3n) is 9.60. The molecule has 0 spiro atoms. The molecule has 2 aliphatic heterocycles. The van der Waals surface area contributed by atoms with Gasteiger partial charge in [0.15, 0.2) is 24.6 Å². The van der Waals surface area contributed by atoms with Gasteiger partial charge in [-0.25, -0.2) is 15.0 Å². The van der Waals surface area contributed by atoms with Crippen LogP contribution < -0.4 is 26.3 Å². The Labute approximate surface area is 285 Å². The summed E-state index contributed by atoms with van der Waals surface area (Å²) < 4.78 is 15.5. The summed E-state index contributed by atoms with van der Waals surface area (Å²) in [7, 11) is -5.30. The van der Waals surface area contributed by atoms with Gasteiger partial charge in [-0.3, -0.25) is 0 Å². The standard InChI is InChI=1S/C41H30N3OPSSi/c1-48(2)37-24-29(41-43-39(27-14-6-3-7-15-27)42-40(44-41)28-16-8-4-9-17-28)22-23-31(37)32-25-36-34(26-38(32)48)46(45,30-18-10-5-11-19-30)33-20-12-13-21-35(33)47-36/h3-26H,1-2H3. The lowest BCUT2D eigenvalue weighted by Crippen LogP contribution is -2.50. The highest BCUT2D eigenvalue weighted by Gasteiger charge is 2.43. The number of hydrogen-bond acceptors (Lipinski definition) is 5. The fourth-order valence-corrected chi connectivity index (χ4v) is 15.0. The van der Waals surface area contributed by atoms with E-state index in [1.54, 1.807) is 11.8 Å². The fourth-order valence-electron chi connectivity index (χ4n) is 7.12. The maximum absolute atomic E-state index is 15.5. The molecule has 0 aliphatic carbocycles. The summed E-state index contributed by atoms with van der Waals surface area (Å²) in [6, 6.07) is 49.7. The first kappa shape index (κ1) is 29.3. The van der Waals surface area contributed by atoms with Crippen molar-refractivity contribution in [3.05, 3.63) is 146 Å². The number of aromatic nitrogens is 3. The Morgan fingerprint density at radius 2 is 1.04 bits per heavy atom. The zero-order valence-corrected chi connectivity index (χ0v) is 29.2. The Balaban J connectivity index is 1.20. The Hall–Kier alpha value is -4.87. The van der Waals surface area contributed by atoms with E-state index in [1.807, 2.05) is 103 Å². The average molecular weight is 672 g/mol. The summed E-state index contributed by atoms with van der Waals surface area (Å²) in [4.78, 5) is 17.1. The van der Waals surface area contributed by atoms with Gasteiger partial charge in [-0.15, -0.1) is 0 Å². The van der Waals surface area contributed by atoms with Crippen molar-refractivity contribution < 1.29 is 4.57 Å². The van der Waals surface area contributed by atoms with Crippen LogP contribution in [0.4, 0.5) is 0 Å². The van der Waals surface area contributed by atoms with Crippen molar-refractivity contribution in [3.8, 4) is 45.3 Å². The van der Waals surface area contributed by atoms with E-state index in [0.29, 0.717) is 17.5 Å². The van der Waals surface area contributed by atoms with Crippen molar-refractivity contribution in [1.29, 1.82) is 0 Å². The quantitative estimate of drug-likeness (QED) is 0.141. The van der Waals surface area contributed by atoms with Crippen LogP contribution in [0.5, 0.6) is 0 Å². The molecule has 0 fully saturated rings. The highest BCUT2D eigenvalue weighted by atomic mass is 32.2. The Morgan fingerprint density at radius 3 is 1.69 bits per heavy atom. The van der Waals surface area contributed by atoms with Crippen LogP contribution in [0.25, 0.3) is 45.3 Å². The molecule has 4 nitrogen and oxygen atoms in total. The first-order valence-corrected chi connectivity index (χ1v) is 21.6. The van der Waals surface area contributed by atoms with Crippen LogP contribution in [0.2, 0.25) is 13.1 Å². The molecule has 1 unspecified atom stereocenters. The van der Waals surface area contributed by atoms with E-state index in [9.17, 15) is 0 Å². The molecule has 230 valence electrons. The lowest BCUT2D eigenvalue weighted by molar-refractivity contribution is 0.592. The maximum atomic E-state index is 15.5. The topological polar surface area (TPSA) is 55.7 Å². The van der Waals surface area contributed by atoms with Gasteiger partial charge in [-0.05, 0) is 45.8 Å². The molecule has 0 amide bonds. The lowest BCUT2D eigenvalue weighted by atomic mass is 10.0. The molecule has 1 atom stereocenters. The SMILES string of the molecule is C[Si]1(C)c2cc(-c3nc(-c4ccccc4)nc(-c4ccccc4)n3)ccc2-c2cc3c(cc21)P(=O)(c1ccccc1)c1ccccc1S3. The van der Waals surface area contributed by atoms with Gasteiger partial charge in [0.25, 0.3) is 0 Å². The van der Waals surface area contributed by atoms with Gasteiger partial charge < -0.3 is 4.57 Å². The minimum absolute atomic E-state index is 0.653. The van der Waals surface area contributed by atoms with E-state index in [2.05, 4.69) is 55.6 Å². The molecule has 0 radical (unpaired) electrons. The average Bonchev–Trinajstić information content (AvgIpc) is 3.36. The molecule has 0 saturated carbocycles. The van der Waals surface area contributed by atoms with Gasteiger partial charge >= 0.3 is 0 Å². The monoisotopic (exact) mass is 671 g/mol. The van der Waals surface area contributed by atoms with Crippen LogP contribution in [-0.2, 0) is 4.57 Å². The summed E-state index contributed by atoms with van der Waals surface area (Å²) in [6.07, 6.45) is 0. The van der Waals surface area contributed by atoms with E-state index in [0.717, 1.165) is 42.4 Å². The molecule has 48 heavy (non-hydrogen) atoms. The van der Waals surface area contributed by atoms with E-state index in [1.165, 1.54) is 21.5 Å². The van der Waals surface area contributed by atoms with Crippen molar-refractivity contribution in [2.45, 2.75) is 22.9 Å². The first-order chi connectivity index (χ1) is 23.4. The van der Waals surface area contributed by atoms with Crippen LogP contribution in [0.1, 0.15) is 0 Å². The number of rotatable bonds is 4. The smallest absolute Gasteiger partial charge is 0.173 e. The maximum Gasteiger partial charge on any atom is 0.173 e. The zero-order valence-electron chi connectivity index (χ0n) is 26.5. The molecule has 0 saturated heterocycles. The Kier molecular flexibility index (Phi) is 6.77. The van der Waals surface area contributed by atoms with Crippen molar-refractivity contribution >= 4 is 53.3 Å². The molecule has 3 heterocycles. The molecular weight excluding hydrogens is 642 g/mol. The van der Waals surface area contributed by atoms with Crippen molar-refractivity contribution in [2.75, 3.05) is 0 Å². The normalized spacial score (nSPS) is 16.8. The fraction of sp³-hybridized carbons (Fsp3) is 0.0488. The van der Waals surface area contributed by atoms with E-state index < -0.39 is 15.2 Å². The Morgan fingerprint density at radius 1 is 0.500 bits per heavy atom. The predicted molar refractivity (Wildman–Crippen MR) is 202 cm³/mol. The summed E-state index contributed by atoms with van der Waals surface area (Å²) in [5, 5.41) is 5.45. The van der Waals surface area contributed by atoms with Crippen LogP contribution >= 0.6 is 18.9 Å². The molecule has 2 aliphatic rings. The summed E-state index contributed by atoms with van der Waals surface area (Å²) in [6.45, 7) is 4.81. The number of benzene rings is 6. The third kappa shape index (κ3) is 4.51. The predicted octanol–water partition coefficient (Wildman–Crippen LogP) is 7.78. The second-order valence-corrected chi connectivity index (χ2v) is 20.9. The van der Waals surface area contributed by atoms with Gasteiger partial charge in [-0.2, -0.15) is 0 Å². The summed E-state index contributed by atoms with van der Waals surface area (Å²) in [5.41, 5.74) is 5.38. The molecule has 9 rings (SSSR count). The van der Waals surface area contributed by atoms with Crippen molar-refractivity contribution in [2.24, 2.45) is 0 Å². The molecule has 0 N–H and O–H groups in total. The van der Waals surface area contributed by atoms with E-state index in [-0.39, 0.29) is 0 Å². The lowest BCUT2D eigenvalue weighted by Gasteiger charge is -2.30. The highest BCUT2D eigenvalue weighted by molar-refractivity contribution is 8.02. The number of nitrogens with zero attached hydrogens (tertiary/aromatic N) is 3. The van der Waals surface area contributed by atoms with Crippen molar-refractivity contribution in [1.82, 2.24) is 15.0 Å². The van der Waals surface area contributed by atoms with Gasteiger partial charge in [0.1, 0.15) is 8.07 Å². The Bertz CT molecular complexity index is 2380. The van der Waals surface area contributed by atoms with Crippen LogP contribution in [-0.4, -0.2) is 23.0 Å². The molecule has 1 aromatic heterocycles. The van der Waals surface area contributed by atoms with Gasteiger partial charge in [0.05, 0.1) is 0 Å². The second-order valence-electron chi connectivity index (χ2n) is 12.8. The van der Waals surface area contributed by atoms with Crippen LogP contribution in [0, 0.1) is 0 Å². The van der Waals surface area contributed by atoms with E-state index in [4.69, 9.17) is 15.0 Å². The largest absolute Gasteiger partial charge is 0.309 e. The molecule has 7 aromatic rings. The molecule has 6 aromatic carbocycles. The van der Waals surface area contributed by atoms with Crippen molar-refractivity contribution in [3.63, 3.8) is 0 Å². The van der Waals surface area contributed by atoms with Gasteiger partial charge in [-0.1, -0.05) is 146 Å². The second kappa shape index (κ2) is 11.1. The van der Waals surface area contributed by atoms with Crippen LogP contribution in [0.3, 0.4) is 0 Å².